The summed E-state index contributed by atoms with van der Waals surface area (Å²) in [6, 6.07) is 0. The molecule has 1 N–H and O–H groups in total. The Hall–Kier alpha value is -0.660. The van der Waals surface area contributed by atoms with Crippen molar-refractivity contribution in [2.75, 3.05) is 0 Å². The van der Waals surface area contributed by atoms with Gasteiger partial charge in [-0.15, -0.1) is 0 Å². The van der Waals surface area contributed by atoms with Gasteiger partial charge >= 0.3 is 0 Å². The zero-order valence-corrected chi connectivity index (χ0v) is 4.56. The first-order valence-corrected chi connectivity index (χ1v) is 2.22. The fourth-order valence-electron chi connectivity index (χ4n) is 0.136. The van der Waals surface area contributed by atoms with Crippen molar-refractivity contribution in [2.24, 2.45) is 5.92 Å². The van der Waals surface area contributed by atoms with Gasteiger partial charge in [0.15, 0.2) is 6.29 Å². The molecule has 40 valence electrons. The summed E-state index contributed by atoms with van der Waals surface area (Å²) in [5, 5.41) is 6.82. The Bertz CT molecular complexity index is 86.1. The van der Waals surface area contributed by atoms with Crippen LogP contribution in [-0.4, -0.2) is 12.0 Å². The predicted octanol–water partition coefficient (Wildman–Crippen LogP) is 0.861. The Morgan fingerprint density at radius 3 is 2.14 bits per heavy atom. The van der Waals surface area contributed by atoms with Gasteiger partial charge in [0, 0.05) is 0 Å². The van der Waals surface area contributed by atoms with Gasteiger partial charge in [0.05, 0.1) is 5.71 Å². The van der Waals surface area contributed by atoms with Gasteiger partial charge in [0.25, 0.3) is 0 Å². The molecule has 0 heterocycles. The lowest BCUT2D eigenvalue weighted by atomic mass is 10.1. The zero-order chi connectivity index (χ0) is 5.86. The number of carbonyl (C=O) groups excluding carboxylic acids is 1. The Morgan fingerprint density at radius 1 is 1.71 bits per heavy atom. The van der Waals surface area contributed by atoms with E-state index in [-0.39, 0.29) is 11.6 Å². The molecule has 0 aliphatic rings. The van der Waals surface area contributed by atoms with Gasteiger partial charge in [-0.25, -0.2) is 0 Å². The molecule has 0 aliphatic heterocycles. The van der Waals surface area contributed by atoms with Crippen LogP contribution in [0.1, 0.15) is 13.8 Å². The van der Waals surface area contributed by atoms with Crippen LogP contribution in [-0.2, 0) is 4.79 Å². The fourth-order valence-corrected chi connectivity index (χ4v) is 0.136. The van der Waals surface area contributed by atoms with Crippen LogP contribution in [0.25, 0.3) is 0 Å². The Morgan fingerprint density at radius 2 is 2.14 bits per heavy atom. The summed E-state index contributed by atoms with van der Waals surface area (Å²) < 4.78 is 0. The highest BCUT2D eigenvalue weighted by atomic mass is 16.1. The molecule has 0 fully saturated rings. The monoisotopic (exact) mass is 99.1 g/mol. The number of nitrogens with one attached hydrogen (secondary N) is 1. The summed E-state index contributed by atoms with van der Waals surface area (Å²) >= 11 is 0. The molecule has 0 amide bonds. The van der Waals surface area contributed by atoms with Gasteiger partial charge in [-0.05, 0) is 5.92 Å². The van der Waals surface area contributed by atoms with Crippen LogP contribution in [0.3, 0.4) is 0 Å². The minimum Gasteiger partial charge on any atom is -0.302 e. The lowest BCUT2D eigenvalue weighted by Gasteiger charge is -1.94. The van der Waals surface area contributed by atoms with E-state index in [1.54, 1.807) is 0 Å². The molecule has 0 saturated carbocycles. The molecule has 0 saturated heterocycles. The zero-order valence-electron chi connectivity index (χ0n) is 4.56. The Kier molecular flexibility index (Phi) is 2.27. The number of aldehydes is 1. The molecule has 7 heavy (non-hydrogen) atoms. The van der Waals surface area contributed by atoms with Crippen molar-refractivity contribution in [3.8, 4) is 0 Å². The number of rotatable bonds is 2. The van der Waals surface area contributed by atoms with Gasteiger partial charge in [-0.2, -0.15) is 0 Å². The van der Waals surface area contributed by atoms with Crippen LogP contribution < -0.4 is 0 Å². The van der Waals surface area contributed by atoms with Crippen LogP contribution in [0.15, 0.2) is 0 Å². The highest BCUT2D eigenvalue weighted by Gasteiger charge is 1.96. The molecule has 2 nitrogen and oxygen atoms in total. The van der Waals surface area contributed by atoms with Gasteiger partial charge in [0.2, 0.25) is 0 Å². The van der Waals surface area contributed by atoms with E-state index < -0.39 is 0 Å². The Balaban J connectivity index is 3.56. The molecule has 0 bridgehead atoms. The van der Waals surface area contributed by atoms with Crippen molar-refractivity contribution in [3.63, 3.8) is 0 Å². The molecular weight excluding hydrogens is 90.1 g/mol. The first-order valence-electron chi connectivity index (χ1n) is 2.22. The molecule has 0 aromatic rings. The fraction of sp³-hybridized carbons (Fsp3) is 0.600. The summed E-state index contributed by atoms with van der Waals surface area (Å²) in [6.07, 6.45) is 0.574. The van der Waals surface area contributed by atoms with E-state index in [9.17, 15) is 4.79 Å². The largest absolute Gasteiger partial charge is 0.302 e. The molecule has 0 aromatic carbocycles. The quantitative estimate of drug-likeness (QED) is 0.405. The molecule has 0 aromatic heterocycles. The maximum atomic E-state index is 9.72. The smallest absolute Gasteiger partial charge is 0.163 e. The second-order valence-electron chi connectivity index (χ2n) is 1.73. The SMILES string of the molecule is CC(C)C(=N)C=O. The van der Waals surface area contributed by atoms with Gasteiger partial charge < -0.3 is 5.41 Å². The average Bonchev–Trinajstić information content (AvgIpc) is 1.65. The maximum absolute atomic E-state index is 9.72. The molecule has 0 atom stereocenters. The minimum atomic E-state index is 0.0810. The van der Waals surface area contributed by atoms with Crippen LogP contribution >= 0.6 is 0 Å². The summed E-state index contributed by atoms with van der Waals surface area (Å²) in [6.45, 7) is 3.63. The molecular formula is C5H9NO. The lowest BCUT2D eigenvalue weighted by Crippen LogP contribution is -2.05. The first-order chi connectivity index (χ1) is 3.18. The third-order valence-corrected chi connectivity index (χ3v) is 0.749. The molecule has 2 heteroatoms. The third-order valence-electron chi connectivity index (χ3n) is 0.749. The van der Waals surface area contributed by atoms with Crippen LogP contribution in [0.5, 0.6) is 0 Å². The van der Waals surface area contributed by atoms with Gasteiger partial charge in [-0.1, -0.05) is 13.8 Å². The van der Waals surface area contributed by atoms with Crippen molar-refractivity contribution in [3.05, 3.63) is 0 Å². The van der Waals surface area contributed by atoms with E-state index in [0.717, 1.165) is 0 Å². The maximum Gasteiger partial charge on any atom is 0.163 e. The van der Waals surface area contributed by atoms with E-state index in [0.29, 0.717) is 6.29 Å². The number of hydrogen-bond acceptors (Lipinski definition) is 2. The van der Waals surface area contributed by atoms with E-state index in [1.165, 1.54) is 0 Å². The molecule has 0 aliphatic carbocycles. The normalized spacial score (nSPS) is 9.00. The predicted molar refractivity (Wildman–Crippen MR) is 28.6 cm³/mol. The van der Waals surface area contributed by atoms with E-state index >= 15 is 0 Å². The highest BCUT2D eigenvalue weighted by Crippen LogP contribution is 1.89. The van der Waals surface area contributed by atoms with E-state index in [2.05, 4.69) is 0 Å². The van der Waals surface area contributed by atoms with Crippen molar-refractivity contribution < 1.29 is 4.79 Å². The van der Waals surface area contributed by atoms with E-state index in [4.69, 9.17) is 5.41 Å². The van der Waals surface area contributed by atoms with Crippen LogP contribution in [0.2, 0.25) is 0 Å². The molecule has 0 spiro atoms. The van der Waals surface area contributed by atoms with Crippen molar-refractivity contribution in [1.82, 2.24) is 0 Å². The summed E-state index contributed by atoms with van der Waals surface area (Å²) in [7, 11) is 0. The van der Waals surface area contributed by atoms with E-state index in [1.807, 2.05) is 13.8 Å². The van der Waals surface area contributed by atoms with Gasteiger partial charge in [-0.3, -0.25) is 4.79 Å². The third kappa shape index (κ3) is 2.09. The topological polar surface area (TPSA) is 40.9 Å². The average molecular weight is 99.1 g/mol. The van der Waals surface area contributed by atoms with Crippen molar-refractivity contribution >= 4 is 12.0 Å². The number of hydrogen-bond donors (Lipinski definition) is 1. The Labute approximate surface area is 43.0 Å². The second-order valence-corrected chi connectivity index (χ2v) is 1.73. The van der Waals surface area contributed by atoms with Gasteiger partial charge in [0.1, 0.15) is 0 Å². The molecule has 0 rings (SSSR count). The highest BCUT2D eigenvalue weighted by molar-refractivity contribution is 6.27. The first kappa shape index (κ1) is 6.34. The molecule has 0 radical (unpaired) electrons. The van der Waals surface area contributed by atoms with Crippen LogP contribution in [0, 0.1) is 11.3 Å². The minimum absolute atomic E-state index is 0.0810. The standard InChI is InChI=1S/C5H9NO/c1-4(2)5(6)3-7/h3-4,6H,1-2H3. The summed E-state index contributed by atoms with van der Waals surface area (Å²) in [4.78, 5) is 9.72. The van der Waals surface area contributed by atoms with Crippen molar-refractivity contribution in [1.29, 1.82) is 5.41 Å². The van der Waals surface area contributed by atoms with Crippen LogP contribution in [0.4, 0.5) is 0 Å². The second kappa shape index (κ2) is 2.50. The van der Waals surface area contributed by atoms with Crippen molar-refractivity contribution in [2.45, 2.75) is 13.8 Å². The number of carbonyl (C=O) groups is 1. The molecule has 0 unspecified atom stereocenters. The summed E-state index contributed by atoms with van der Waals surface area (Å²) in [5.74, 6) is 0.0810. The lowest BCUT2D eigenvalue weighted by molar-refractivity contribution is -0.103. The summed E-state index contributed by atoms with van der Waals surface area (Å²) in [5.41, 5.74) is 0.167.